The maximum atomic E-state index is 9.13. The fraction of sp³-hybridized carbons (Fsp3) is 0.154. The van der Waals surface area contributed by atoms with Gasteiger partial charge in [0, 0.05) is 10.9 Å². The normalized spacial score (nSPS) is 10.8. The molecular weight excluding hydrogens is 260 g/mol. The quantitative estimate of drug-likeness (QED) is 0.794. The Labute approximate surface area is 114 Å². The van der Waals surface area contributed by atoms with Crippen molar-refractivity contribution in [2.24, 2.45) is 0 Å². The van der Waals surface area contributed by atoms with Crippen LogP contribution < -0.4 is 0 Å². The molecule has 0 amide bonds. The highest BCUT2D eigenvalue weighted by Crippen LogP contribution is 2.24. The lowest BCUT2D eigenvalue weighted by Crippen LogP contribution is -1.99. The van der Waals surface area contributed by atoms with Gasteiger partial charge in [0.2, 0.25) is 5.13 Å². The average molecular weight is 272 g/mol. The molecule has 0 aliphatic rings. The largest absolute Gasteiger partial charge is 0.390 e. The number of thiazole rings is 1. The number of aromatic nitrogens is 4. The zero-order chi connectivity index (χ0) is 13.2. The van der Waals surface area contributed by atoms with Gasteiger partial charge in [-0.3, -0.25) is 0 Å². The van der Waals surface area contributed by atoms with Crippen LogP contribution in [0.2, 0.25) is 0 Å². The van der Waals surface area contributed by atoms with Gasteiger partial charge in [-0.1, -0.05) is 35.5 Å². The Morgan fingerprint density at radius 2 is 2.05 bits per heavy atom. The van der Waals surface area contributed by atoms with Crippen molar-refractivity contribution < 1.29 is 5.11 Å². The zero-order valence-electron chi connectivity index (χ0n) is 10.3. The lowest BCUT2D eigenvalue weighted by atomic mass is 10.2. The van der Waals surface area contributed by atoms with E-state index in [4.69, 9.17) is 5.11 Å². The van der Waals surface area contributed by atoms with Crippen molar-refractivity contribution in [3.63, 3.8) is 0 Å². The summed E-state index contributed by atoms with van der Waals surface area (Å²) in [5.74, 6) is 0. The van der Waals surface area contributed by atoms with Gasteiger partial charge < -0.3 is 5.11 Å². The first-order valence-corrected chi connectivity index (χ1v) is 6.71. The lowest BCUT2D eigenvalue weighted by Gasteiger charge is -1.98. The number of hydrogen-bond acceptors (Lipinski definition) is 5. The third kappa shape index (κ3) is 2.16. The summed E-state index contributed by atoms with van der Waals surface area (Å²) < 4.78 is 1.66. The first-order chi connectivity index (χ1) is 9.29. The van der Waals surface area contributed by atoms with E-state index in [2.05, 4.69) is 15.3 Å². The molecule has 0 radical (unpaired) electrons. The standard InChI is InChI=1S/C13H12N4OS/c1-9-11(7-18)15-16-17(9)13-14-12(8-19-13)10-5-3-2-4-6-10/h2-6,8,18H,7H2,1H3. The van der Waals surface area contributed by atoms with Crippen molar-refractivity contribution in [3.05, 3.63) is 47.1 Å². The summed E-state index contributed by atoms with van der Waals surface area (Å²) in [7, 11) is 0. The minimum absolute atomic E-state index is 0.108. The topological polar surface area (TPSA) is 63.8 Å². The Morgan fingerprint density at radius 3 is 2.74 bits per heavy atom. The van der Waals surface area contributed by atoms with E-state index in [0.717, 1.165) is 22.1 Å². The molecule has 1 N–H and O–H groups in total. The van der Waals surface area contributed by atoms with Gasteiger partial charge in [0.25, 0.3) is 0 Å². The van der Waals surface area contributed by atoms with E-state index in [1.807, 2.05) is 42.6 Å². The maximum Gasteiger partial charge on any atom is 0.212 e. The van der Waals surface area contributed by atoms with Gasteiger partial charge in [0.15, 0.2) is 0 Å². The van der Waals surface area contributed by atoms with Gasteiger partial charge in [0.1, 0.15) is 5.69 Å². The van der Waals surface area contributed by atoms with E-state index >= 15 is 0 Å². The Balaban J connectivity index is 1.99. The molecule has 96 valence electrons. The molecule has 1 aromatic carbocycles. The molecule has 2 heterocycles. The SMILES string of the molecule is Cc1c(CO)nnn1-c1nc(-c2ccccc2)cs1. The van der Waals surface area contributed by atoms with Crippen molar-refractivity contribution in [3.8, 4) is 16.4 Å². The van der Waals surface area contributed by atoms with Gasteiger partial charge in [0.05, 0.1) is 18.0 Å². The molecule has 3 rings (SSSR count). The fourth-order valence-electron chi connectivity index (χ4n) is 1.79. The number of benzene rings is 1. The summed E-state index contributed by atoms with van der Waals surface area (Å²) >= 11 is 1.50. The molecule has 19 heavy (non-hydrogen) atoms. The number of aliphatic hydroxyl groups is 1. The van der Waals surface area contributed by atoms with Crippen molar-refractivity contribution in [2.45, 2.75) is 13.5 Å². The zero-order valence-corrected chi connectivity index (χ0v) is 11.1. The average Bonchev–Trinajstić information content (AvgIpc) is 3.06. The molecule has 0 aliphatic heterocycles. The Bertz CT molecular complexity index is 690. The van der Waals surface area contributed by atoms with Crippen LogP contribution in [0.4, 0.5) is 0 Å². The fourth-order valence-corrected chi connectivity index (χ4v) is 2.62. The molecule has 0 unspecified atom stereocenters. The Kier molecular flexibility index (Phi) is 3.10. The van der Waals surface area contributed by atoms with E-state index in [1.54, 1.807) is 4.68 Å². The molecule has 0 aliphatic carbocycles. The van der Waals surface area contributed by atoms with Crippen LogP contribution in [-0.4, -0.2) is 25.1 Å². The highest BCUT2D eigenvalue weighted by molar-refractivity contribution is 7.12. The molecule has 2 aromatic heterocycles. The molecule has 0 fully saturated rings. The minimum Gasteiger partial charge on any atom is -0.390 e. The van der Waals surface area contributed by atoms with Crippen LogP contribution in [0.15, 0.2) is 35.7 Å². The van der Waals surface area contributed by atoms with Gasteiger partial charge in [-0.05, 0) is 6.92 Å². The number of aliphatic hydroxyl groups excluding tert-OH is 1. The van der Waals surface area contributed by atoms with Crippen LogP contribution in [0, 0.1) is 6.92 Å². The van der Waals surface area contributed by atoms with Crippen LogP contribution in [0.1, 0.15) is 11.4 Å². The number of hydrogen-bond donors (Lipinski definition) is 1. The molecule has 6 heteroatoms. The van der Waals surface area contributed by atoms with Crippen LogP contribution in [0.25, 0.3) is 16.4 Å². The summed E-state index contributed by atoms with van der Waals surface area (Å²) in [6.07, 6.45) is 0. The van der Waals surface area contributed by atoms with Crippen molar-refractivity contribution in [1.82, 2.24) is 20.0 Å². The van der Waals surface area contributed by atoms with Gasteiger partial charge >= 0.3 is 0 Å². The highest BCUT2D eigenvalue weighted by Gasteiger charge is 2.12. The smallest absolute Gasteiger partial charge is 0.212 e. The van der Waals surface area contributed by atoms with E-state index in [-0.39, 0.29) is 6.61 Å². The van der Waals surface area contributed by atoms with E-state index < -0.39 is 0 Å². The molecular formula is C13H12N4OS. The first kappa shape index (κ1) is 12.0. The van der Waals surface area contributed by atoms with Crippen molar-refractivity contribution in [1.29, 1.82) is 0 Å². The summed E-state index contributed by atoms with van der Waals surface area (Å²) in [4.78, 5) is 4.56. The second-order valence-electron chi connectivity index (χ2n) is 4.07. The third-order valence-electron chi connectivity index (χ3n) is 2.88. The molecule has 0 spiro atoms. The second-order valence-corrected chi connectivity index (χ2v) is 4.91. The molecule has 0 bridgehead atoms. The van der Waals surface area contributed by atoms with E-state index in [9.17, 15) is 0 Å². The predicted octanol–water partition coefficient (Wildman–Crippen LogP) is 2.19. The van der Waals surface area contributed by atoms with Crippen LogP contribution in [0.3, 0.4) is 0 Å². The number of rotatable bonds is 3. The highest BCUT2D eigenvalue weighted by atomic mass is 32.1. The summed E-state index contributed by atoms with van der Waals surface area (Å²) in [5.41, 5.74) is 3.39. The Hall–Kier alpha value is -2.05. The van der Waals surface area contributed by atoms with Gasteiger partial charge in [-0.25, -0.2) is 4.98 Å². The monoisotopic (exact) mass is 272 g/mol. The van der Waals surface area contributed by atoms with E-state index in [0.29, 0.717) is 5.69 Å². The molecule has 5 nitrogen and oxygen atoms in total. The molecule has 3 aromatic rings. The van der Waals surface area contributed by atoms with Crippen molar-refractivity contribution in [2.75, 3.05) is 0 Å². The first-order valence-electron chi connectivity index (χ1n) is 5.83. The summed E-state index contributed by atoms with van der Waals surface area (Å²) in [6.45, 7) is 1.76. The van der Waals surface area contributed by atoms with Crippen LogP contribution in [-0.2, 0) is 6.61 Å². The Morgan fingerprint density at radius 1 is 1.26 bits per heavy atom. The van der Waals surface area contributed by atoms with E-state index in [1.165, 1.54) is 11.3 Å². The van der Waals surface area contributed by atoms with Crippen molar-refractivity contribution >= 4 is 11.3 Å². The maximum absolute atomic E-state index is 9.13. The molecule has 0 saturated carbocycles. The van der Waals surface area contributed by atoms with Gasteiger partial charge in [-0.15, -0.1) is 16.4 Å². The van der Waals surface area contributed by atoms with Crippen LogP contribution >= 0.6 is 11.3 Å². The third-order valence-corrected chi connectivity index (χ3v) is 3.70. The lowest BCUT2D eigenvalue weighted by molar-refractivity contribution is 0.276. The number of nitrogens with zero attached hydrogens (tertiary/aromatic N) is 4. The predicted molar refractivity (Wildman–Crippen MR) is 73.1 cm³/mol. The summed E-state index contributed by atoms with van der Waals surface area (Å²) in [6, 6.07) is 9.99. The minimum atomic E-state index is -0.108. The summed E-state index contributed by atoms with van der Waals surface area (Å²) in [5, 5.41) is 19.8. The van der Waals surface area contributed by atoms with Gasteiger partial charge in [-0.2, -0.15) is 4.68 Å². The van der Waals surface area contributed by atoms with Crippen LogP contribution in [0.5, 0.6) is 0 Å². The second kappa shape index (κ2) is 4.91. The molecule has 0 saturated heterocycles. The molecule has 0 atom stereocenters.